The fourth-order valence-electron chi connectivity index (χ4n) is 4.21. The maximum Gasteiger partial charge on any atom is 0.231 e. The van der Waals surface area contributed by atoms with E-state index < -0.39 is 0 Å². The summed E-state index contributed by atoms with van der Waals surface area (Å²) in [6, 6.07) is 12.3. The van der Waals surface area contributed by atoms with Crippen molar-refractivity contribution in [3.63, 3.8) is 0 Å². The molecule has 2 aromatic carbocycles. The highest BCUT2D eigenvalue weighted by atomic mass is 16.7. The van der Waals surface area contributed by atoms with Crippen molar-refractivity contribution in [3.8, 4) is 23.0 Å². The van der Waals surface area contributed by atoms with E-state index in [1.54, 1.807) is 0 Å². The molecule has 2 aromatic rings. The quantitative estimate of drug-likeness (QED) is 0.759. The molecule has 0 bridgehead atoms. The molecule has 3 aliphatic rings. The highest BCUT2D eigenvalue weighted by molar-refractivity contribution is 5.45. The lowest BCUT2D eigenvalue weighted by atomic mass is 9.84. The van der Waals surface area contributed by atoms with Crippen LogP contribution >= 0.6 is 0 Å². The van der Waals surface area contributed by atoms with E-state index in [0.29, 0.717) is 32.7 Å². The Kier molecular flexibility index (Phi) is 4.74. The zero-order valence-electron chi connectivity index (χ0n) is 15.9. The molecule has 1 saturated heterocycles. The van der Waals surface area contributed by atoms with Crippen LogP contribution in [0.25, 0.3) is 0 Å². The third kappa shape index (κ3) is 3.38. The van der Waals surface area contributed by atoms with E-state index in [1.165, 1.54) is 11.1 Å². The molecule has 28 heavy (non-hydrogen) atoms. The lowest BCUT2D eigenvalue weighted by Gasteiger charge is -2.23. The van der Waals surface area contributed by atoms with Crippen molar-refractivity contribution < 1.29 is 28.4 Å². The molecule has 0 radical (unpaired) electrons. The van der Waals surface area contributed by atoms with E-state index >= 15 is 0 Å². The first-order valence-corrected chi connectivity index (χ1v) is 9.80. The standard InChI is InChI=1S/C22H24O6/c1-2-23-22-17(8-15-4-6-19-21(10-15)28-13-26-19)16(11-24-22)7-14-3-5-18-20(9-14)27-12-25-18/h3-6,9-10,16-17,22H,2,7-8,11-13H2,1H3/t16-,17+,22?/m0/s1. The van der Waals surface area contributed by atoms with Gasteiger partial charge in [0, 0.05) is 12.5 Å². The summed E-state index contributed by atoms with van der Waals surface area (Å²) >= 11 is 0. The smallest absolute Gasteiger partial charge is 0.231 e. The van der Waals surface area contributed by atoms with Gasteiger partial charge in [-0.25, -0.2) is 0 Å². The molecule has 6 heteroatoms. The minimum absolute atomic E-state index is 0.186. The summed E-state index contributed by atoms with van der Waals surface area (Å²) in [6.45, 7) is 3.92. The zero-order chi connectivity index (χ0) is 18.9. The lowest BCUT2D eigenvalue weighted by molar-refractivity contribution is -0.127. The van der Waals surface area contributed by atoms with Crippen LogP contribution < -0.4 is 18.9 Å². The molecular formula is C22H24O6. The van der Waals surface area contributed by atoms with Crippen LogP contribution in [0.3, 0.4) is 0 Å². The number of ether oxygens (including phenoxy) is 6. The van der Waals surface area contributed by atoms with Gasteiger partial charge in [0.2, 0.25) is 13.6 Å². The summed E-state index contributed by atoms with van der Waals surface area (Å²) in [7, 11) is 0. The van der Waals surface area contributed by atoms with Crippen LogP contribution in [0.4, 0.5) is 0 Å². The van der Waals surface area contributed by atoms with Crippen LogP contribution in [-0.4, -0.2) is 33.1 Å². The summed E-state index contributed by atoms with van der Waals surface area (Å²) in [5.41, 5.74) is 2.44. The van der Waals surface area contributed by atoms with Crippen molar-refractivity contribution in [1.82, 2.24) is 0 Å². The number of benzene rings is 2. The first-order chi connectivity index (χ1) is 13.8. The summed E-state index contributed by atoms with van der Waals surface area (Å²) in [5.74, 6) is 3.90. The van der Waals surface area contributed by atoms with E-state index in [0.717, 1.165) is 35.8 Å². The molecule has 0 aliphatic carbocycles. The van der Waals surface area contributed by atoms with Crippen molar-refractivity contribution >= 4 is 0 Å². The highest BCUT2D eigenvalue weighted by Gasteiger charge is 2.38. The van der Waals surface area contributed by atoms with Gasteiger partial charge in [0.15, 0.2) is 29.3 Å². The minimum atomic E-state index is -0.186. The Labute approximate surface area is 164 Å². The third-order valence-electron chi connectivity index (χ3n) is 5.60. The molecule has 148 valence electrons. The van der Waals surface area contributed by atoms with Crippen LogP contribution in [-0.2, 0) is 22.3 Å². The van der Waals surface area contributed by atoms with Crippen LogP contribution in [0.1, 0.15) is 18.1 Å². The van der Waals surface area contributed by atoms with Gasteiger partial charge in [-0.15, -0.1) is 0 Å². The molecular weight excluding hydrogens is 360 g/mol. The number of hydrogen-bond donors (Lipinski definition) is 0. The van der Waals surface area contributed by atoms with Crippen molar-refractivity contribution in [2.24, 2.45) is 11.8 Å². The third-order valence-corrected chi connectivity index (χ3v) is 5.60. The molecule has 0 aromatic heterocycles. The molecule has 0 saturated carbocycles. The Morgan fingerprint density at radius 2 is 1.43 bits per heavy atom. The molecule has 6 nitrogen and oxygen atoms in total. The summed E-state index contributed by atoms with van der Waals surface area (Å²) in [6.07, 6.45) is 1.60. The Morgan fingerprint density at radius 3 is 2.07 bits per heavy atom. The van der Waals surface area contributed by atoms with Crippen molar-refractivity contribution in [2.75, 3.05) is 26.8 Å². The fourth-order valence-corrected chi connectivity index (χ4v) is 4.21. The van der Waals surface area contributed by atoms with Crippen LogP contribution in [0, 0.1) is 11.8 Å². The second kappa shape index (κ2) is 7.53. The van der Waals surface area contributed by atoms with Gasteiger partial charge < -0.3 is 28.4 Å². The molecule has 3 aliphatic heterocycles. The summed E-state index contributed by atoms with van der Waals surface area (Å²) in [4.78, 5) is 0. The first-order valence-electron chi connectivity index (χ1n) is 9.80. The highest BCUT2D eigenvalue weighted by Crippen LogP contribution is 2.39. The van der Waals surface area contributed by atoms with Gasteiger partial charge in [-0.3, -0.25) is 0 Å². The molecule has 1 unspecified atom stereocenters. The molecule has 3 heterocycles. The van der Waals surface area contributed by atoms with Gasteiger partial charge >= 0.3 is 0 Å². The summed E-state index contributed by atoms with van der Waals surface area (Å²) in [5, 5.41) is 0. The van der Waals surface area contributed by atoms with Gasteiger partial charge in [-0.2, -0.15) is 0 Å². The maximum absolute atomic E-state index is 6.01. The predicted molar refractivity (Wildman–Crippen MR) is 101 cm³/mol. The monoisotopic (exact) mass is 384 g/mol. The van der Waals surface area contributed by atoms with Gasteiger partial charge in [-0.05, 0) is 61.1 Å². The SMILES string of the molecule is CCOC1OC[C@H](Cc2ccc3c(c2)OCO3)[C@H]1Cc1ccc2c(c1)OCO2. The van der Waals surface area contributed by atoms with E-state index in [2.05, 4.69) is 24.3 Å². The first kappa shape index (κ1) is 17.6. The molecule has 0 N–H and O–H groups in total. The number of rotatable bonds is 6. The molecule has 0 amide bonds. The Hall–Kier alpha value is -2.44. The second-order valence-electron chi connectivity index (χ2n) is 7.36. The normalized spacial score (nSPS) is 24.7. The van der Waals surface area contributed by atoms with Crippen LogP contribution in [0.2, 0.25) is 0 Å². The predicted octanol–water partition coefficient (Wildman–Crippen LogP) is 3.55. The van der Waals surface area contributed by atoms with E-state index in [1.807, 2.05) is 19.1 Å². The minimum Gasteiger partial charge on any atom is -0.454 e. The van der Waals surface area contributed by atoms with Crippen LogP contribution in [0.5, 0.6) is 23.0 Å². The van der Waals surface area contributed by atoms with Gasteiger partial charge in [-0.1, -0.05) is 12.1 Å². The van der Waals surface area contributed by atoms with E-state index in [-0.39, 0.29) is 12.2 Å². The Balaban J connectivity index is 1.34. The fraction of sp³-hybridized carbons (Fsp3) is 0.455. The van der Waals surface area contributed by atoms with E-state index in [9.17, 15) is 0 Å². The maximum atomic E-state index is 6.01. The number of fused-ring (bicyclic) bond motifs is 2. The van der Waals surface area contributed by atoms with Gasteiger partial charge in [0.1, 0.15) is 0 Å². The Morgan fingerprint density at radius 1 is 0.821 bits per heavy atom. The summed E-state index contributed by atoms with van der Waals surface area (Å²) < 4.78 is 33.8. The van der Waals surface area contributed by atoms with Gasteiger partial charge in [0.25, 0.3) is 0 Å². The molecule has 1 fully saturated rings. The molecule has 3 atom stereocenters. The lowest BCUT2D eigenvalue weighted by Crippen LogP contribution is -2.26. The molecule has 0 spiro atoms. The topological polar surface area (TPSA) is 55.4 Å². The van der Waals surface area contributed by atoms with E-state index in [4.69, 9.17) is 28.4 Å². The second-order valence-corrected chi connectivity index (χ2v) is 7.36. The van der Waals surface area contributed by atoms with Crippen molar-refractivity contribution in [1.29, 1.82) is 0 Å². The van der Waals surface area contributed by atoms with Crippen molar-refractivity contribution in [3.05, 3.63) is 47.5 Å². The number of hydrogen-bond acceptors (Lipinski definition) is 6. The average molecular weight is 384 g/mol. The molecule has 5 rings (SSSR count). The van der Waals surface area contributed by atoms with Crippen molar-refractivity contribution in [2.45, 2.75) is 26.1 Å². The Bertz CT molecular complexity index is 851. The van der Waals surface area contributed by atoms with Gasteiger partial charge in [0.05, 0.1) is 6.61 Å². The largest absolute Gasteiger partial charge is 0.454 e. The average Bonchev–Trinajstić information content (AvgIpc) is 3.43. The van der Waals surface area contributed by atoms with Crippen LogP contribution in [0.15, 0.2) is 36.4 Å². The zero-order valence-corrected chi connectivity index (χ0v) is 15.9.